The number of imide groups is 1. The molecule has 8 nitrogen and oxygen atoms in total. The lowest BCUT2D eigenvalue weighted by atomic mass is 10.1. The first-order chi connectivity index (χ1) is 14.0. The van der Waals surface area contributed by atoms with E-state index >= 15 is 0 Å². The van der Waals surface area contributed by atoms with Crippen molar-refractivity contribution in [3.63, 3.8) is 0 Å². The standard InChI is InChI=1S/C21H22N2O6/c1-2-28-21(27)23-18(24)14-29-20(26)17(13-15-9-5-3-6-10-15)22-19(25)16-11-7-4-8-12-16/h3-12,17H,2,13-14H2,1H3,(H,22,25)(H,23,24,27)/t17-/m0/s1. The molecule has 2 N–H and O–H groups in total. The maximum atomic E-state index is 12.5. The summed E-state index contributed by atoms with van der Waals surface area (Å²) in [5.74, 6) is -2.07. The largest absolute Gasteiger partial charge is 0.454 e. The molecule has 0 saturated heterocycles. The van der Waals surface area contributed by atoms with Crippen molar-refractivity contribution in [1.29, 1.82) is 0 Å². The summed E-state index contributed by atoms with van der Waals surface area (Å²) < 4.78 is 9.56. The molecule has 0 saturated carbocycles. The number of hydrogen-bond acceptors (Lipinski definition) is 6. The molecule has 0 radical (unpaired) electrons. The minimum absolute atomic E-state index is 0.101. The Labute approximate surface area is 168 Å². The molecule has 1 atom stereocenters. The van der Waals surface area contributed by atoms with Crippen LogP contribution in [0.3, 0.4) is 0 Å². The average Bonchev–Trinajstić information content (AvgIpc) is 2.73. The fraction of sp³-hybridized carbons (Fsp3) is 0.238. The first-order valence-electron chi connectivity index (χ1n) is 9.02. The SMILES string of the molecule is CCOC(=O)NC(=O)COC(=O)[C@H](Cc1ccccc1)NC(=O)c1ccccc1. The molecule has 2 aromatic carbocycles. The number of carbonyl (C=O) groups is 4. The van der Waals surface area contributed by atoms with Gasteiger partial charge < -0.3 is 14.8 Å². The molecule has 3 amide bonds. The van der Waals surface area contributed by atoms with Crippen molar-refractivity contribution in [1.82, 2.24) is 10.6 Å². The van der Waals surface area contributed by atoms with Crippen LogP contribution in [0.1, 0.15) is 22.8 Å². The molecule has 8 heteroatoms. The summed E-state index contributed by atoms with van der Waals surface area (Å²) in [7, 11) is 0. The second-order valence-electron chi connectivity index (χ2n) is 5.96. The van der Waals surface area contributed by atoms with Crippen molar-refractivity contribution in [2.24, 2.45) is 0 Å². The van der Waals surface area contributed by atoms with E-state index in [-0.39, 0.29) is 13.0 Å². The molecule has 0 aliphatic rings. The molecule has 29 heavy (non-hydrogen) atoms. The Balaban J connectivity index is 2.01. The lowest BCUT2D eigenvalue weighted by molar-refractivity contribution is -0.150. The van der Waals surface area contributed by atoms with Crippen LogP contribution in [0.25, 0.3) is 0 Å². The number of benzene rings is 2. The number of alkyl carbamates (subject to hydrolysis) is 1. The van der Waals surface area contributed by atoms with Crippen molar-refractivity contribution in [3.05, 3.63) is 71.8 Å². The van der Waals surface area contributed by atoms with Gasteiger partial charge in [0, 0.05) is 12.0 Å². The van der Waals surface area contributed by atoms with Crippen molar-refractivity contribution in [3.8, 4) is 0 Å². The van der Waals surface area contributed by atoms with Gasteiger partial charge in [-0.25, -0.2) is 9.59 Å². The summed E-state index contributed by atoms with van der Waals surface area (Å²) in [5, 5.41) is 4.56. The fourth-order valence-electron chi connectivity index (χ4n) is 2.43. The van der Waals surface area contributed by atoms with Gasteiger partial charge in [-0.3, -0.25) is 14.9 Å². The van der Waals surface area contributed by atoms with E-state index in [0.717, 1.165) is 5.56 Å². The Hall–Kier alpha value is -3.68. The highest BCUT2D eigenvalue weighted by molar-refractivity contribution is 5.97. The van der Waals surface area contributed by atoms with Gasteiger partial charge in [0.1, 0.15) is 6.04 Å². The Morgan fingerprint density at radius 3 is 2.14 bits per heavy atom. The van der Waals surface area contributed by atoms with Crippen molar-refractivity contribution >= 4 is 23.9 Å². The van der Waals surface area contributed by atoms with Crippen LogP contribution in [0.4, 0.5) is 4.79 Å². The van der Waals surface area contributed by atoms with E-state index in [0.29, 0.717) is 5.56 Å². The van der Waals surface area contributed by atoms with Gasteiger partial charge >= 0.3 is 12.1 Å². The molecule has 0 heterocycles. The Morgan fingerprint density at radius 2 is 1.52 bits per heavy atom. The predicted octanol–water partition coefficient (Wildman–Crippen LogP) is 1.84. The summed E-state index contributed by atoms with van der Waals surface area (Å²) in [6.07, 6.45) is -0.746. The number of hydrogen-bond donors (Lipinski definition) is 2. The van der Waals surface area contributed by atoms with Crippen LogP contribution >= 0.6 is 0 Å². The zero-order valence-corrected chi connectivity index (χ0v) is 15.9. The Kier molecular flexibility index (Phi) is 8.37. The number of amides is 3. The Bertz CT molecular complexity index is 839. The summed E-state index contributed by atoms with van der Waals surface area (Å²) in [4.78, 5) is 47.8. The van der Waals surface area contributed by atoms with Gasteiger partial charge in [0.05, 0.1) is 6.61 Å². The van der Waals surface area contributed by atoms with E-state index in [9.17, 15) is 19.2 Å². The molecule has 0 bridgehead atoms. The zero-order valence-electron chi connectivity index (χ0n) is 15.9. The first kappa shape index (κ1) is 21.6. The lowest BCUT2D eigenvalue weighted by Gasteiger charge is -2.18. The van der Waals surface area contributed by atoms with Crippen LogP contribution in [0.2, 0.25) is 0 Å². The summed E-state index contributed by atoms with van der Waals surface area (Å²) in [6.45, 7) is 1.02. The molecule has 0 aromatic heterocycles. The molecular weight excluding hydrogens is 376 g/mol. The zero-order chi connectivity index (χ0) is 21.1. The minimum Gasteiger partial charge on any atom is -0.454 e. The summed E-state index contributed by atoms with van der Waals surface area (Å²) in [5.41, 5.74) is 1.19. The van der Waals surface area contributed by atoms with E-state index in [4.69, 9.17) is 4.74 Å². The van der Waals surface area contributed by atoms with Gasteiger partial charge in [-0.15, -0.1) is 0 Å². The number of carbonyl (C=O) groups excluding carboxylic acids is 4. The molecule has 0 aliphatic heterocycles. The Morgan fingerprint density at radius 1 is 0.897 bits per heavy atom. The van der Waals surface area contributed by atoms with E-state index in [1.165, 1.54) is 0 Å². The van der Waals surface area contributed by atoms with Crippen LogP contribution in [0.5, 0.6) is 0 Å². The van der Waals surface area contributed by atoms with Gasteiger partial charge in [0.15, 0.2) is 6.61 Å². The van der Waals surface area contributed by atoms with Gasteiger partial charge in [-0.1, -0.05) is 48.5 Å². The normalized spacial score (nSPS) is 11.1. The third-order valence-electron chi connectivity index (χ3n) is 3.77. The molecular formula is C21H22N2O6. The molecule has 0 spiro atoms. The number of ether oxygens (including phenoxy) is 2. The van der Waals surface area contributed by atoms with Crippen molar-refractivity contribution in [2.75, 3.05) is 13.2 Å². The summed E-state index contributed by atoms with van der Waals surface area (Å²) >= 11 is 0. The number of rotatable bonds is 8. The highest BCUT2D eigenvalue weighted by Gasteiger charge is 2.24. The van der Waals surface area contributed by atoms with Crippen LogP contribution < -0.4 is 10.6 Å². The predicted molar refractivity (Wildman–Crippen MR) is 104 cm³/mol. The molecule has 2 aromatic rings. The average molecular weight is 398 g/mol. The van der Waals surface area contributed by atoms with Crippen LogP contribution in [0, 0.1) is 0 Å². The quantitative estimate of drug-likeness (QED) is 0.657. The molecule has 0 aliphatic carbocycles. The monoisotopic (exact) mass is 398 g/mol. The maximum Gasteiger partial charge on any atom is 0.413 e. The third-order valence-corrected chi connectivity index (χ3v) is 3.77. The highest BCUT2D eigenvalue weighted by Crippen LogP contribution is 2.07. The number of esters is 1. The molecule has 0 fully saturated rings. The van der Waals surface area contributed by atoms with Crippen LogP contribution in [-0.4, -0.2) is 43.1 Å². The van der Waals surface area contributed by atoms with Gasteiger partial charge in [-0.2, -0.15) is 0 Å². The van der Waals surface area contributed by atoms with Gasteiger partial charge in [0.2, 0.25) is 0 Å². The number of nitrogens with one attached hydrogen (secondary N) is 2. The van der Waals surface area contributed by atoms with Crippen LogP contribution in [-0.2, 0) is 25.5 Å². The van der Waals surface area contributed by atoms with Gasteiger partial charge in [-0.05, 0) is 24.6 Å². The van der Waals surface area contributed by atoms with Gasteiger partial charge in [0.25, 0.3) is 11.8 Å². The van der Waals surface area contributed by atoms with E-state index < -0.39 is 36.5 Å². The molecule has 2 rings (SSSR count). The second kappa shape index (κ2) is 11.2. The fourth-order valence-corrected chi connectivity index (χ4v) is 2.43. The van der Waals surface area contributed by atoms with E-state index in [2.05, 4.69) is 10.1 Å². The summed E-state index contributed by atoms with van der Waals surface area (Å²) in [6, 6.07) is 16.5. The van der Waals surface area contributed by atoms with Crippen molar-refractivity contribution in [2.45, 2.75) is 19.4 Å². The highest BCUT2D eigenvalue weighted by atomic mass is 16.6. The minimum atomic E-state index is -1.01. The molecule has 0 unspecified atom stereocenters. The maximum absolute atomic E-state index is 12.5. The van der Waals surface area contributed by atoms with E-state index in [1.54, 1.807) is 37.3 Å². The van der Waals surface area contributed by atoms with Crippen molar-refractivity contribution < 1.29 is 28.7 Å². The third kappa shape index (κ3) is 7.45. The smallest absolute Gasteiger partial charge is 0.413 e. The van der Waals surface area contributed by atoms with E-state index in [1.807, 2.05) is 35.6 Å². The topological polar surface area (TPSA) is 111 Å². The second-order valence-corrected chi connectivity index (χ2v) is 5.96. The first-order valence-corrected chi connectivity index (χ1v) is 9.02. The van der Waals surface area contributed by atoms with Crippen LogP contribution in [0.15, 0.2) is 60.7 Å². The lowest BCUT2D eigenvalue weighted by Crippen LogP contribution is -2.44. The molecule has 152 valence electrons.